The van der Waals surface area contributed by atoms with Gasteiger partial charge in [-0.3, -0.25) is 9.59 Å². The van der Waals surface area contributed by atoms with Crippen molar-refractivity contribution < 1.29 is 19.4 Å². The van der Waals surface area contributed by atoms with Gasteiger partial charge in [-0.1, -0.05) is 0 Å². The van der Waals surface area contributed by atoms with Gasteiger partial charge in [0.1, 0.15) is 13.2 Å². The molecule has 0 atom stereocenters. The lowest BCUT2D eigenvalue weighted by atomic mass is 10.2. The van der Waals surface area contributed by atoms with E-state index in [0.29, 0.717) is 12.5 Å². The normalized spacial score (nSPS) is 15.7. The van der Waals surface area contributed by atoms with Gasteiger partial charge in [0.15, 0.2) is 0 Å². The lowest BCUT2D eigenvalue weighted by Crippen LogP contribution is -2.40. The van der Waals surface area contributed by atoms with Crippen molar-refractivity contribution in [1.29, 1.82) is 0 Å². The van der Waals surface area contributed by atoms with Gasteiger partial charge < -0.3 is 14.7 Å². The van der Waals surface area contributed by atoms with E-state index in [0.717, 1.165) is 12.8 Å². The van der Waals surface area contributed by atoms with Crippen LogP contribution in [0, 0.1) is 5.92 Å². The molecule has 1 aliphatic carbocycles. The Morgan fingerprint density at radius 1 is 1.35 bits per heavy atom. The predicted octanol–water partition coefficient (Wildman–Crippen LogP) is 1.12. The van der Waals surface area contributed by atoms with E-state index in [4.69, 9.17) is 9.84 Å². The second-order valence-electron chi connectivity index (χ2n) is 5.51. The van der Waals surface area contributed by atoms with E-state index in [9.17, 15) is 9.59 Å². The Morgan fingerprint density at radius 2 is 1.94 bits per heavy atom. The molecule has 5 heteroatoms. The smallest absolute Gasteiger partial charge is 0.323 e. The van der Waals surface area contributed by atoms with Gasteiger partial charge in [0.25, 0.3) is 0 Å². The molecule has 0 aromatic carbocycles. The Kier molecular flexibility index (Phi) is 4.51. The Labute approximate surface area is 102 Å². The molecular weight excluding hydrogens is 222 g/mol. The molecule has 0 spiro atoms. The number of carboxylic acids is 1. The van der Waals surface area contributed by atoms with Gasteiger partial charge >= 0.3 is 5.97 Å². The van der Waals surface area contributed by atoms with E-state index in [1.165, 1.54) is 4.90 Å². The fourth-order valence-corrected chi connectivity index (χ4v) is 1.40. The number of aliphatic carboxylic acids is 1. The van der Waals surface area contributed by atoms with Gasteiger partial charge in [-0.25, -0.2) is 0 Å². The van der Waals surface area contributed by atoms with E-state index >= 15 is 0 Å². The molecule has 1 amide bonds. The summed E-state index contributed by atoms with van der Waals surface area (Å²) in [5, 5.41) is 8.76. The highest BCUT2D eigenvalue weighted by Crippen LogP contribution is 2.29. The molecule has 0 aromatic heterocycles. The first kappa shape index (κ1) is 14.0. The number of rotatable bonds is 6. The van der Waals surface area contributed by atoms with Gasteiger partial charge in [0.2, 0.25) is 5.91 Å². The summed E-state index contributed by atoms with van der Waals surface area (Å²) >= 11 is 0. The van der Waals surface area contributed by atoms with Gasteiger partial charge in [0.05, 0.1) is 5.60 Å². The number of hydrogen-bond acceptors (Lipinski definition) is 3. The molecule has 0 unspecified atom stereocenters. The molecule has 0 heterocycles. The van der Waals surface area contributed by atoms with Crippen LogP contribution in [0.3, 0.4) is 0 Å². The minimum absolute atomic E-state index is 0.0521. The topological polar surface area (TPSA) is 66.8 Å². The summed E-state index contributed by atoms with van der Waals surface area (Å²) in [6.07, 6.45) is 2.17. The molecule has 17 heavy (non-hydrogen) atoms. The molecule has 1 fully saturated rings. The molecule has 0 saturated heterocycles. The van der Waals surface area contributed by atoms with Gasteiger partial charge in [-0.05, 0) is 39.5 Å². The monoisotopic (exact) mass is 243 g/mol. The third-order valence-electron chi connectivity index (χ3n) is 2.48. The van der Waals surface area contributed by atoms with E-state index < -0.39 is 5.97 Å². The zero-order valence-corrected chi connectivity index (χ0v) is 10.7. The zero-order valence-electron chi connectivity index (χ0n) is 10.7. The number of ether oxygens (including phenoxy) is 1. The van der Waals surface area contributed by atoms with Crippen LogP contribution in [0.15, 0.2) is 0 Å². The van der Waals surface area contributed by atoms with Crippen molar-refractivity contribution >= 4 is 11.9 Å². The fraction of sp³-hybridized carbons (Fsp3) is 0.833. The minimum atomic E-state index is -0.977. The fourth-order valence-electron chi connectivity index (χ4n) is 1.40. The lowest BCUT2D eigenvalue weighted by molar-refractivity contribution is -0.149. The summed E-state index contributed by atoms with van der Waals surface area (Å²) in [6, 6.07) is 0. The molecule has 5 nitrogen and oxygen atoms in total. The summed E-state index contributed by atoms with van der Waals surface area (Å²) in [7, 11) is 0. The van der Waals surface area contributed by atoms with E-state index in [1.54, 1.807) is 0 Å². The van der Waals surface area contributed by atoms with Crippen LogP contribution in [0.25, 0.3) is 0 Å². The third-order valence-corrected chi connectivity index (χ3v) is 2.48. The molecule has 0 radical (unpaired) electrons. The van der Waals surface area contributed by atoms with Crippen molar-refractivity contribution in [1.82, 2.24) is 4.90 Å². The Morgan fingerprint density at radius 3 is 2.35 bits per heavy atom. The molecule has 1 N–H and O–H groups in total. The molecule has 0 aliphatic heterocycles. The maximum Gasteiger partial charge on any atom is 0.323 e. The largest absolute Gasteiger partial charge is 0.480 e. The summed E-state index contributed by atoms with van der Waals surface area (Å²) in [6.45, 7) is 5.85. The number of amides is 1. The maximum atomic E-state index is 11.8. The summed E-state index contributed by atoms with van der Waals surface area (Å²) < 4.78 is 5.37. The van der Waals surface area contributed by atoms with E-state index in [2.05, 4.69) is 0 Å². The number of carbonyl (C=O) groups excluding carboxylic acids is 1. The van der Waals surface area contributed by atoms with Crippen LogP contribution in [0.1, 0.15) is 33.6 Å². The van der Waals surface area contributed by atoms with Gasteiger partial charge in [-0.15, -0.1) is 0 Å². The zero-order chi connectivity index (χ0) is 13.1. The minimum Gasteiger partial charge on any atom is -0.480 e. The molecule has 1 aliphatic rings. The van der Waals surface area contributed by atoms with Crippen LogP contribution in [0.2, 0.25) is 0 Å². The highest BCUT2D eigenvalue weighted by molar-refractivity contribution is 5.82. The SMILES string of the molecule is CC(C)(C)OCC(=O)N(CC(=O)O)CC1CC1. The van der Waals surface area contributed by atoms with Crippen molar-refractivity contribution in [3.8, 4) is 0 Å². The van der Waals surface area contributed by atoms with Crippen molar-refractivity contribution in [3.05, 3.63) is 0 Å². The second-order valence-corrected chi connectivity index (χ2v) is 5.51. The lowest BCUT2D eigenvalue weighted by Gasteiger charge is -2.24. The number of carbonyl (C=O) groups is 2. The summed E-state index contributed by atoms with van der Waals surface area (Å²) in [5.74, 6) is -0.739. The number of carboxylic acid groups (broad SMARTS) is 1. The van der Waals surface area contributed by atoms with Crippen LogP contribution in [0.5, 0.6) is 0 Å². The summed E-state index contributed by atoms with van der Waals surface area (Å²) in [4.78, 5) is 23.9. The first-order valence-corrected chi connectivity index (χ1v) is 5.91. The Balaban J connectivity index is 2.43. The molecule has 1 saturated carbocycles. The average Bonchev–Trinajstić information content (AvgIpc) is 2.95. The quantitative estimate of drug-likeness (QED) is 0.759. The van der Waals surface area contributed by atoms with Crippen LogP contribution < -0.4 is 0 Å². The highest BCUT2D eigenvalue weighted by Gasteiger charge is 2.28. The Bertz CT molecular complexity index is 291. The number of hydrogen-bond donors (Lipinski definition) is 1. The molecule has 1 rings (SSSR count). The average molecular weight is 243 g/mol. The standard InChI is InChI=1S/C12H21NO4/c1-12(2,3)17-8-10(14)13(7-11(15)16)6-9-4-5-9/h9H,4-8H2,1-3H3,(H,15,16). The maximum absolute atomic E-state index is 11.8. The van der Waals surface area contributed by atoms with Gasteiger partial charge in [-0.2, -0.15) is 0 Å². The third kappa shape index (κ3) is 6.26. The second kappa shape index (κ2) is 5.49. The highest BCUT2D eigenvalue weighted by atomic mass is 16.5. The molecular formula is C12H21NO4. The van der Waals surface area contributed by atoms with Gasteiger partial charge in [0, 0.05) is 6.54 Å². The first-order valence-electron chi connectivity index (χ1n) is 5.91. The van der Waals surface area contributed by atoms with Crippen LogP contribution in [0.4, 0.5) is 0 Å². The van der Waals surface area contributed by atoms with Crippen LogP contribution in [-0.4, -0.2) is 47.2 Å². The molecule has 0 aromatic rings. The molecule has 0 bridgehead atoms. The van der Waals surface area contributed by atoms with Crippen molar-refractivity contribution in [2.45, 2.75) is 39.2 Å². The van der Waals surface area contributed by atoms with Crippen molar-refractivity contribution in [3.63, 3.8) is 0 Å². The van der Waals surface area contributed by atoms with Crippen LogP contribution in [-0.2, 0) is 14.3 Å². The van der Waals surface area contributed by atoms with Crippen molar-refractivity contribution in [2.75, 3.05) is 19.7 Å². The first-order chi connectivity index (χ1) is 7.78. The predicted molar refractivity (Wildman–Crippen MR) is 62.6 cm³/mol. The summed E-state index contributed by atoms with van der Waals surface area (Å²) in [5.41, 5.74) is -0.385. The Hall–Kier alpha value is -1.10. The van der Waals surface area contributed by atoms with E-state index in [1.807, 2.05) is 20.8 Å². The van der Waals surface area contributed by atoms with Crippen LogP contribution >= 0.6 is 0 Å². The number of nitrogens with zero attached hydrogens (tertiary/aromatic N) is 1. The van der Waals surface area contributed by atoms with Crippen molar-refractivity contribution in [2.24, 2.45) is 5.92 Å². The molecule has 98 valence electrons. The van der Waals surface area contributed by atoms with E-state index in [-0.39, 0.29) is 24.7 Å².